The van der Waals surface area contributed by atoms with Crippen molar-refractivity contribution in [3.05, 3.63) is 29.3 Å². The van der Waals surface area contributed by atoms with Crippen LogP contribution >= 0.6 is 12.2 Å². The summed E-state index contributed by atoms with van der Waals surface area (Å²) in [4.78, 5) is 2.82. The Kier molecular flexibility index (Phi) is 4.19. The monoisotopic (exact) mass is 263 g/mol. The minimum absolute atomic E-state index is 0.463. The first kappa shape index (κ1) is 13.3. The van der Waals surface area contributed by atoms with Crippen molar-refractivity contribution in [1.29, 1.82) is 0 Å². The molecule has 98 valence electrons. The summed E-state index contributed by atoms with van der Waals surface area (Å²) in [5, 5.41) is 3.62. The van der Waals surface area contributed by atoms with E-state index in [2.05, 4.69) is 30.3 Å². The number of hydrogen-bond acceptors (Lipinski definition) is 3. The molecule has 0 radical (unpaired) electrons. The number of rotatable bonds is 3. The van der Waals surface area contributed by atoms with Gasteiger partial charge >= 0.3 is 0 Å². The third-order valence-corrected chi connectivity index (χ3v) is 3.73. The van der Waals surface area contributed by atoms with Gasteiger partial charge in [0.15, 0.2) is 0 Å². The Balaban J connectivity index is 2.20. The van der Waals surface area contributed by atoms with Crippen molar-refractivity contribution in [1.82, 2.24) is 4.90 Å². The number of benzene rings is 1. The van der Waals surface area contributed by atoms with Crippen molar-refractivity contribution in [3.8, 4) is 0 Å². The molecule has 1 unspecified atom stereocenters. The molecular formula is C14H21N3S. The van der Waals surface area contributed by atoms with Crippen LogP contribution in [0.15, 0.2) is 18.2 Å². The lowest BCUT2D eigenvalue weighted by molar-refractivity contribution is 0.261. The average Bonchev–Trinajstić information content (AvgIpc) is 2.31. The fraction of sp³-hybridized carbons (Fsp3) is 0.500. The first-order chi connectivity index (χ1) is 8.58. The molecule has 0 spiro atoms. The van der Waals surface area contributed by atoms with Crippen LogP contribution in [0.2, 0.25) is 0 Å². The molecule has 3 N–H and O–H groups in total. The summed E-state index contributed by atoms with van der Waals surface area (Å²) in [5.74, 6) is 0. The van der Waals surface area contributed by atoms with Crippen molar-refractivity contribution in [2.75, 3.05) is 25.5 Å². The van der Waals surface area contributed by atoms with Crippen LogP contribution < -0.4 is 11.1 Å². The zero-order valence-corrected chi connectivity index (χ0v) is 11.9. The lowest BCUT2D eigenvalue weighted by atomic mass is 10.0. The van der Waals surface area contributed by atoms with Crippen molar-refractivity contribution < 1.29 is 0 Å². The van der Waals surface area contributed by atoms with E-state index in [1.54, 1.807) is 0 Å². The molecule has 1 atom stereocenters. The van der Waals surface area contributed by atoms with E-state index in [0.717, 1.165) is 17.8 Å². The SMILES string of the molecule is Cc1cccc(C(N)=S)c1NC1CCCN(C)C1. The first-order valence-corrected chi connectivity index (χ1v) is 6.83. The zero-order chi connectivity index (χ0) is 13.1. The van der Waals surface area contributed by atoms with Crippen molar-refractivity contribution in [2.45, 2.75) is 25.8 Å². The molecule has 0 saturated carbocycles. The van der Waals surface area contributed by atoms with E-state index < -0.39 is 0 Å². The fourth-order valence-corrected chi connectivity index (χ4v) is 2.72. The highest BCUT2D eigenvalue weighted by Crippen LogP contribution is 2.23. The second-order valence-electron chi connectivity index (χ2n) is 5.11. The number of piperidine rings is 1. The molecular weight excluding hydrogens is 242 g/mol. The zero-order valence-electron chi connectivity index (χ0n) is 11.1. The minimum Gasteiger partial charge on any atom is -0.389 e. The van der Waals surface area contributed by atoms with Crippen LogP contribution in [0.5, 0.6) is 0 Å². The summed E-state index contributed by atoms with van der Waals surface area (Å²) >= 11 is 5.13. The summed E-state index contributed by atoms with van der Waals surface area (Å²) < 4.78 is 0. The van der Waals surface area contributed by atoms with Gasteiger partial charge in [-0.2, -0.15) is 0 Å². The molecule has 0 aromatic heterocycles. The normalized spacial score (nSPS) is 20.7. The Morgan fingerprint density at radius 3 is 2.94 bits per heavy atom. The summed E-state index contributed by atoms with van der Waals surface area (Å²) in [5.41, 5.74) is 9.06. The summed E-state index contributed by atoms with van der Waals surface area (Å²) in [6.45, 7) is 4.36. The Labute approximate surface area is 114 Å². The van der Waals surface area contributed by atoms with E-state index in [4.69, 9.17) is 18.0 Å². The van der Waals surface area contributed by atoms with E-state index >= 15 is 0 Å². The van der Waals surface area contributed by atoms with Gasteiger partial charge in [-0.15, -0.1) is 0 Å². The number of thiocarbonyl (C=S) groups is 1. The molecule has 0 aliphatic carbocycles. The number of nitrogens with one attached hydrogen (secondary N) is 1. The van der Waals surface area contributed by atoms with E-state index in [1.165, 1.54) is 24.9 Å². The van der Waals surface area contributed by atoms with Gasteiger partial charge in [0.05, 0.1) is 0 Å². The number of likely N-dealkylation sites (tertiary alicyclic amines) is 1. The van der Waals surface area contributed by atoms with E-state index in [-0.39, 0.29) is 0 Å². The molecule has 1 aromatic rings. The standard InChI is InChI=1S/C14H21N3S/c1-10-5-3-7-12(14(15)18)13(10)16-11-6-4-8-17(2)9-11/h3,5,7,11,16H,4,6,8-9H2,1-2H3,(H2,15,18). The fourth-order valence-electron chi connectivity index (χ4n) is 2.55. The third kappa shape index (κ3) is 3.00. The Morgan fingerprint density at radius 1 is 1.50 bits per heavy atom. The van der Waals surface area contributed by atoms with Crippen LogP contribution in [0.25, 0.3) is 0 Å². The highest BCUT2D eigenvalue weighted by Gasteiger charge is 2.19. The maximum absolute atomic E-state index is 5.80. The van der Waals surface area contributed by atoms with E-state index in [9.17, 15) is 0 Å². The molecule has 1 aliphatic heterocycles. The maximum Gasteiger partial charge on any atom is 0.106 e. The molecule has 4 heteroatoms. The number of hydrogen-bond donors (Lipinski definition) is 2. The number of likely N-dealkylation sites (N-methyl/N-ethyl adjacent to an activating group) is 1. The largest absolute Gasteiger partial charge is 0.389 e. The maximum atomic E-state index is 5.80. The lowest BCUT2D eigenvalue weighted by Crippen LogP contribution is -2.40. The van der Waals surface area contributed by atoms with Gasteiger partial charge < -0.3 is 16.0 Å². The van der Waals surface area contributed by atoms with Gasteiger partial charge in [0, 0.05) is 23.8 Å². The minimum atomic E-state index is 0.463. The molecule has 1 heterocycles. The molecule has 18 heavy (non-hydrogen) atoms. The van der Waals surface area contributed by atoms with Crippen LogP contribution in [-0.4, -0.2) is 36.1 Å². The molecule has 2 rings (SSSR count). The summed E-state index contributed by atoms with van der Waals surface area (Å²) in [6.07, 6.45) is 2.44. The number of nitrogens with two attached hydrogens (primary N) is 1. The smallest absolute Gasteiger partial charge is 0.106 e. The van der Waals surface area contributed by atoms with Crippen LogP contribution in [0.1, 0.15) is 24.0 Å². The number of para-hydroxylation sites is 1. The van der Waals surface area contributed by atoms with Gasteiger partial charge in [0.25, 0.3) is 0 Å². The molecule has 3 nitrogen and oxygen atoms in total. The predicted octanol–water partition coefficient (Wildman–Crippen LogP) is 2.14. The highest BCUT2D eigenvalue weighted by atomic mass is 32.1. The van der Waals surface area contributed by atoms with Crippen LogP contribution in [0.4, 0.5) is 5.69 Å². The van der Waals surface area contributed by atoms with E-state index in [1.807, 2.05) is 12.1 Å². The Morgan fingerprint density at radius 2 is 2.28 bits per heavy atom. The molecule has 1 saturated heterocycles. The van der Waals surface area contributed by atoms with Gasteiger partial charge in [-0.25, -0.2) is 0 Å². The van der Waals surface area contributed by atoms with Crippen LogP contribution in [0, 0.1) is 6.92 Å². The van der Waals surface area contributed by atoms with Crippen LogP contribution in [-0.2, 0) is 0 Å². The van der Waals surface area contributed by atoms with Gasteiger partial charge in [-0.1, -0.05) is 24.4 Å². The Bertz CT molecular complexity index is 445. The van der Waals surface area contributed by atoms with Gasteiger partial charge in [-0.3, -0.25) is 0 Å². The van der Waals surface area contributed by atoms with Crippen molar-refractivity contribution in [3.63, 3.8) is 0 Å². The second-order valence-corrected chi connectivity index (χ2v) is 5.55. The Hall–Kier alpha value is -1.13. The van der Waals surface area contributed by atoms with Gasteiger partial charge in [-0.05, 0) is 45.0 Å². The second kappa shape index (κ2) is 5.67. The van der Waals surface area contributed by atoms with Crippen molar-refractivity contribution >= 4 is 22.9 Å². The lowest BCUT2D eigenvalue weighted by Gasteiger charge is -2.32. The topological polar surface area (TPSA) is 41.3 Å². The van der Waals surface area contributed by atoms with Crippen molar-refractivity contribution in [2.24, 2.45) is 5.73 Å². The number of aryl methyl sites for hydroxylation is 1. The quantitative estimate of drug-likeness (QED) is 0.820. The highest BCUT2D eigenvalue weighted by molar-refractivity contribution is 7.80. The number of anilines is 1. The molecule has 0 bridgehead atoms. The predicted molar refractivity (Wildman–Crippen MR) is 81.2 cm³/mol. The molecule has 1 aliphatic rings. The molecule has 0 amide bonds. The summed E-state index contributed by atoms with van der Waals surface area (Å²) in [7, 11) is 2.17. The van der Waals surface area contributed by atoms with E-state index in [0.29, 0.717) is 11.0 Å². The van der Waals surface area contributed by atoms with Gasteiger partial charge in [0.2, 0.25) is 0 Å². The van der Waals surface area contributed by atoms with Crippen LogP contribution in [0.3, 0.4) is 0 Å². The molecule has 1 aromatic carbocycles. The number of nitrogens with zero attached hydrogens (tertiary/aromatic N) is 1. The summed E-state index contributed by atoms with van der Waals surface area (Å²) in [6, 6.07) is 6.57. The first-order valence-electron chi connectivity index (χ1n) is 6.42. The third-order valence-electron chi connectivity index (χ3n) is 3.51. The molecule has 1 fully saturated rings. The average molecular weight is 263 g/mol. The van der Waals surface area contributed by atoms with Gasteiger partial charge in [0.1, 0.15) is 4.99 Å².